The number of hydrogen-bond donors (Lipinski definition) is 1. The van der Waals surface area contributed by atoms with Crippen LogP contribution in [0.15, 0.2) is 30.3 Å². The molecule has 0 radical (unpaired) electrons. The lowest BCUT2D eigenvalue weighted by molar-refractivity contribution is -0.133. The summed E-state index contributed by atoms with van der Waals surface area (Å²) in [5, 5.41) is 0. The number of benzene rings is 1. The van der Waals surface area contributed by atoms with Crippen LogP contribution in [0, 0.1) is 5.41 Å². The zero-order chi connectivity index (χ0) is 17.7. The number of carbonyl (C=O) groups is 1. The van der Waals surface area contributed by atoms with Crippen LogP contribution in [0.3, 0.4) is 0 Å². The lowest BCUT2D eigenvalue weighted by Crippen LogP contribution is -2.52. The van der Waals surface area contributed by atoms with Gasteiger partial charge in [-0.25, -0.2) is 0 Å². The van der Waals surface area contributed by atoms with E-state index in [0.29, 0.717) is 0 Å². The number of nitrogens with two attached hydrogens (primary N) is 1. The number of piperazine rings is 1. The third-order valence-corrected chi connectivity index (χ3v) is 4.82. The van der Waals surface area contributed by atoms with Crippen molar-refractivity contribution in [3.63, 3.8) is 0 Å². The Morgan fingerprint density at radius 3 is 2.29 bits per heavy atom. The second-order valence-electron chi connectivity index (χ2n) is 7.77. The fourth-order valence-corrected chi connectivity index (χ4v) is 2.88. The lowest BCUT2D eigenvalue weighted by atomic mass is 9.86. The molecule has 1 aromatic rings. The van der Waals surface area contributed by atoms with Crippen molar-refractivity contribution in [1.82, 2.24) is 9.80 Å². The molecule has 1 atom stereocenters. The Morgan fingerprint density at radius 2 is 1.75 bits per heavy atom. The zero-order valence-corrected chi connectivity index (χ0v) is 15.5. The van der Waals surface area contributed by atoms with E-state index < -0.39 is 6.04 Å². The Hall–Kier alpha value is -1.59. The summed E-state index contributed by atoms with van der Waals surface area (Å²) in [6.07, 6.45) is 0. The van der Waals surface area contributed by atoms with Gasteiger partial charge in [0.05, 0.1) is 6.04 Å². The van der Waals surface area contributed by atoms with Crippen LogP contribution in [0.25, 0.3) is 0 Å². The molecule has 2 N–H and O–H groups in total. The molecule has 5 heteroatoms. The Bertz CT molecular complexity index is 518. The molecule has 0 aliphatic carbocycles. The van der Waals surface area contributed by atoms with Crippen molar-refractivity contribution in [3.8, 4) is 0 Å². The standard InChI is InChI=1S/C19H32N4O/c1-19(2,3)17(20)18(24)21(4)10-11-22-12-14-23(15-13-22)16-8-6-5-7-9-16/h5-9,17H,10-15,20H2,1-4H3/t17-/m1/s1. The first-order chi connectivity index (χ1) is 11.3. The highest BCUT2D eigenvalue weighted by Crippen LogP contribution is 2.19. The van der Waals surface area contributed by atoms with Crippen molar-refractivity contribution in [2.24, 2.45) is 11.1 Å². The molecule has 0 spiro atoms. The quantitative estimate of drug-likeness (QED) is 0.891. The van der Waals surface area contributed by atoms with Gasteiger partial charge in [0.2, 0.25) is 5.91 Å². The Labute approximate surface area is 146 Å². The number of carbonyl (C=O) groups excluding carboxylic acids is 1. The highest BCUT2D eigenvalue weighted by atomic mass is 16.2. The number of amides is 1. The summed E-state index contributed by atoms with van der Waals surface area (Å²) < 4.78 is 0. The zero-order valence-electron chi connectivity index (χ0n) is 15.5. The van der Waals surface area contributed by atoms with Crippen LogP contribution in [0.2, 0.25) is 0 Å². The van der Waals surface area contributed by atoms with Crippen molar-refractivity contribution in [2.75, 3.05) is 51.2 Å². The summed E-state index contributed by atoms with van der Waals surface area (Å²) in [6.45, 7) is 11.8. The van der Waals surface area contributed by atoms with Crippen molar-refractivity contribution >= 4 is 11.6 Å². The molecule has 1 heterocycles. The maximum Gasteiger partial charge on any atom is 0.239 e. The number of hydrogen-bond acceptors (Lipinski definition) is 4. The van der Waals surface area contributed by atoms with Gasteiger partial charge in [0, 0.05) is 52.0 Å². The molecule has 24 heavy (non-hydrogen) atoms. The number of likely N-dealkylation sites (N-methyl/N-ethyl adjacent to an activating group) is 1. The molecule has 0 aromatic heterocycles. The van der Waals surface area contributed by atoms with Gasteiger partial charge in [-0.3, -0.25) is 9.69 Å². The molecule has 1 aliphatic heterocycles. The van der Waals surface area contributed by atoms with Crippen LogP contribution in [-0.2, 0) is 4.79 Å². The fourth-order valence-electron chi connectivity index (χ4n) is 2.88. The van der Waals surface area contributed by atoms with E-state index >= 15 is 0 Å². The molecule has 1 aliphatic rings. The smallest absolute Gasteiger partial charge is 0.239 e. The molecule has 134 valence electrons. The third kappa shape index (κ3) is 4.95. The first kappa shape index (κ1) is 18.7. The first-order valence-corrected chi connectivity index (χ1v) is 8.82. The normalized spacial score (nSPS) is 17.6. The van der Waals surface area contributed by atoms with E-state index in [9.17, 15) is 4.79 Å². The molecule has 1 saturated heterocycles. The Morgan fingerprint density at radius 1 is 1.17 bits per heavy atom. The first-order valence-electron chi connectivity index (χ1n) is 8.82. The molecule has 5 nitrogen and oxygen atoms in total. The Balaban J connectivity index is 1.75. The second-order valence-corrected chi connectivity index (χ2v) is 7.77. The van der Waals surface area contributed by atoms with Crippen molar-refractivity contribution < 1.29 is 4.79 Å². The van der Waals surface area contributed by atoms with Crippen molar-refractivity contribution in [3.05, 3.63) is 30.3 Å². The van der Waals surface area contributed by atoms with E-state index in [1.54, 1.807) is 4.90 Å². The average Bonchev–Trinajstić information content (AvgIpc) is 2.58. The van der Waals surface area contributed by atoms with Gasteiger partial charge in [-0.05, 0) is 17.5 Å². The van der Waals surface area contributed by atoms with Gasteiger partial charge in [-0.2, -0.15) is 0 Å². The number of para-hydroxylation sites is 1. The van der Waals surface area contributed by atoms with E-state index in [4.69, 9.17) is 5.73 Å². The van der Waals surface area contributed by atoms with Gasteiger partial charge in [-0.1, -0.05) is 39.0 Å². The topological polar surface area (TPSA) is 52.8 Å². The summed E-state index contributed by atoms with van der Waals surface area (Å²) in [5.74, 6) is 0.0328. The fraction of sp³-hybridized carbons (Fsp3) is 0.632. The van der Waals surface area contributed by atoms with Crippen molar-refractivity contribution in [1.29, 1.82) is 0 Å². The summed E-state index contributed by atoms with van der Waals surface area (Å²) in [4.78, 5) is 19.0. The van der Waals surface area contributed by atoms with Gasteiger partial charge < -0.3 is 15.5 Å². The highest BCUT2D eigenvalue weighted by molar-refractivity contribution is 5.82. The summed E-state index contributed by atoms with van der Waals surface area (Å²) in [7, 11) is 1.86. The van der Waals surface area contributed by atoms with E-state index in [0.717, 1.165) is 39.3 Å². The molecule has 0 unspecified atom stereocenters. The van der Waals surface area contributed by atoms with E-state index in [2.05, 4.69) is 40.1 Å². The predicted molar refractivity (Wildman–Crippen MR) is 100 cm³/mol. The molecule has 1 aromatic carbocycles. The molecule has 0 bridgehead atoms. The van der Waals surface area contributed by atoms with Gasteiger partial charge in [0.1, 0.15) is 0 Å². The average molecular weight is 332 g/mol. The maximum atomic E-state index is 12.4. The molecular formula is C19H32N4O. The highest BCUT2D eigenvalue weighted by Gasteiger charge is 2.29. The maximum absolute atomic E-state index is 12.4. The molecule has 2 rings (SSSR count). The van der Waals surface area contributed by atoms with Crippen LogP contribution in [0.5, 0.6) is 0 Å². The predicted octanol–water partition coefficient (Wildman–Crippen LogP) is 1.64. The van der Waals surface area contributed by atoms with Gasteiger partial charge in [0.15, 0.2) is 0 Å². The number of anilines is 1. The van der Waals surface area contributed by atoms with Gasteiger partial charge in [-0.15, -0.1) is 0 Å². The van der Waals surface area contributed by atoms with Crippen LogP contribution in [0.4, 0.5) is 5.69 Å². The molecule has 1 amide bonds. The SMILES string of the molecule is CN(CCN1CCN(c2ccccc2)CC1)C(=O)[C@@H](N)C(C)(C)C. The summed E-state index contributed by atoms with van der Waals surface area (Å²) in [5.41, 5.74) is 7.17. The number of nitrogens with zero attached hydrogens (tertiary/aromatic N) is 3. The summed E-state index contributed by atoms with van der Waals surface area (Å²) in [6, 6.07) is 10.1. The van der Waals surface area contributed by atoms with Gasteiger partial charge in [0.25, 0.3) is 0 Å². The minimum Gasteiger partial charge on any atom is -0.369 e. The second kappa shape index (κ2) is 7.99. The third-order valence-electron chi connectivity index (χ3n) is 4.82. The monoisotopic (exact) mass is 332 g/mol. The Kier molecular flexibility index (Phi) is 6.24. The van der Waals surface area contributed by atoms with E-state index in [1.807, 2.05) is 27.8 Å². The minimum absolute atomic E-state index is 0.0328. The summed E-state index contributed by atoms with van der Waals surface area (Å²) >= 11 is 0. The van der Waals surface area contributed by atoms with Crippen LogP contribution >= 0.6 is 0 Å². The van der Waals surface area contributed by atoms with E-state index in [-0.39, 0.29) is 11.3 Å². The van der Waals surface area contributed by atoms with Crippen LogP contribution in [0.1, 0.15) is 20.8 Å². The number of rotatable bonds is 5. The van der Waals surface area contributed by atoms with Crippen molar-refractivity contribution in [2.45, 2.75) is 26.8 Å². The minimum atomic E-state index is -0.447. The van der Waals surface area contributed by atoms with E-state index in [1.165, 1.54) is 5.69 Å². The van der Waals surface area contributed by atoms with Gasteiger partial charge >= 0.3 is 0 Å². The lowest BCUT2D eigenvalue weighted by Gasteiger charge is -2.37. The largest absolute Gasteiger partial charge is 0.369 e. The van der Waals surface area contributed by atoms with Crippen LogP contribution in [-0.4, -0.2) is 68.1 Å². The molecule has 1 fully saturated rings. The molecular weight excluding hydrogens is 300 g/mol. The molecule has 0 saturated carbocycles. The van der Waals surface area contributed by atoms with Crippen LogP contribution < -0.4 is 10.6 Å².